The molecular weight excluding hydrogens is 316 g/mol. The number of nitrogens with zero attached hydrogens (tertiary/aromatic N) is 1. The summed E-state index contributed by atoms with van der Waals surface area (Å²) >= 11 is 6.23. The van der Waals surface area contributed by atoms with Crippen LogP contribution in [0.4, 0.5) is 0 Å². The van der Waals surface area contributed by atoms with Gasteiger partial charge in [0.1, 0.15) is 0 Å². The van der Waals surface area contributed by atoms with E-state index in [1.165, 1.54) is 20.4 Å². The first-order valence-electron chi connectivity index (χ1n) is 6.92. The van der Waals surface area contributed by atoms with Crippen molar-refractivity contribution in [2.75, 3.05) is 14.2 Å². The number of nitrogens with one attached hydrogen (secondary N) is 1. The molecule has 0 aromatic heterocycles. The van der Waals surface area contributed by atoms with Crippen LogP contribution in [-0.4, -0.2) is 26.3 Å². The number of carbonyl (C=O) groups is 1. The Bertz CT molecular complexity index is 702. The van der Waals surface area contributed by atoms with Gasteiger partial charge < -0.3 is 9.47 Å². The number of carbonyl (C=O) groups excluding carboxylic acids is 1. The fourth-order valence-corrected chi connectivity index (χ4v) is 2.28. The third-order valence-corrected chi connectivity index (χ3v) is 3.51. The zero-order valence-electron chi connectivity index (χ0n) is 12.9. The van der Waals surface area contributed by atoms with Crippen molar-refractivity contribution in [1.82, 2.24) is 5.43 Å². The van der Waals surface area contributed by atoms with Crippen LogP contribution in [0.25, 0.3) is 0 Å². The summed E-state index contributed by atoms with van der Waals surface area (Å²) < 4.78 is 10.4. The number of ether oxygens (including phenoxy) is 2. The first-order chi connectivity index (χ1) is 11.2. The lowest BCUT2D eigenvalue weighted by atomic mass is 10.1. The average Bonchev–Trinajstić information content (AvgIpc) is 2.57. The molecule has 2 aromatic rings. The van der Waals surface area contributed by atoms with Gasteiger partial charge in [0.15, 0.2) is 11.5 Å². The van der Waals surface area contributed by atoms with Gasteiger partial charge in [0, 0.05) is 5.56 Å². The van der Waals surface area contributed by atoms with Gasteiger partial charge in [0.25, 0.3) is 0 Å². The Labute approximate surface area is 139 Å². The fraction of sp³-hybridized carbons (Fsp3) is 0.176. The first kappa shape index (κ1) is 16.8. The Hall–Kier alpha value is -2.53. The maximum absolute atomic E-state index is 11.8. The molecule has 6 heteroatoms. The molecule has 0 unspecified atom stereocenters. The Morgan fingerprint density at radius 2 is 1.91 bits per heavy atom. The SMILES string of the molecule is COc1ccc(/C=N\NC(=O)Cc2ccccc2)c(Cl)c1OC. The van der Waals surface area contributed by atoms with Crippen LogP contribution in [0.15, 0.2) is 47.6 Å². The summed E-state index contributed by atoms with van der Waals surface area (Å²) in [5, 5.41) is 4.29. The van der Waals surface area contributed by atoms with Gasteiger partial charge in [-0.05, 0) is 17.7 Å². The van der Waals surface area contributed by atoms with Crippen molar-refractivity contribution >= 4 is 23.7 Å². The number of benzene rings is 2. The van der Waals surface area contributed by atoms with E-state index in [4.69, 9.17) is 21.1 Å². The van der Waals surface area contributed by atoms with E-state index in [0.29, 0.717) is 22.1 Å². The summed E-state index contributed by atoms with van der Waals surface area (Å²) in [6.45, 7) is 0. The van der Waals surface area contributed by atoms with Gasteiger partial charge in [-0.25, -0.2) is 5.43 Å². The van der Waals surface area contributed by atoms with Crippen LogP contribution in [0, 0.1) is 0 Å². The maximum Gasteiger partial charge on any atom is 0.244 e. The van der Waals surface area contributed by atoms with Crippen LogP contribution in [0.5, 0.6) is 11.5 Å². The molecule has 1 N–H and O–H groups in total. The van der Waals surface area contributed by atoms with Crippen molar-refractivity contribution in [2.45, 2.75) is 6.42 Å². The Balaban J connectivity index is 2.02. The average molecular weight is 333 g/mol. The Morgan fingerprint density at radius 1 is 1.17 bits per heavy atom. The molecule has 0 saturated carbocycles. The van der Waals surface area contributed by atoms with E-state index in [0.717, 1.165) is 5.56 Å². The largest absolute Gasteiger partial charge is 0.493 e. The summed E-state index contributed by atoms with van der Waals surface area (Å²) in [7, 11) is 3.04. The smallest absolute Gasteiger partial charge is 0.244 e. The highest BCUT2D eigenvalue weighted by atomic mass is 35.5. The molecule has 0 bridgehead atoms. The van der Waals surface area contributed by atoms with Gasteiger partial charge in [-0.2, -0.15) is 5.10 Å². The third-order valence-electron chi connectivity index (χ3n) is 3.12. The maximum atomic E-state index is 11.8. The number of hydrogen-bond acceptors (Lipinski definition) is 4. The predicted molar refractivity (Wildman–Crippen MR) is 90.4 cm³/mol. The van der Waals surface area contributed by atoms with Gasteiger partial charge in [0.2, 0.25) is 5.91 Å². The number of hydrazone groups is 1. The predicted octanol–water partition coefficient (Wildman–Crippen LogP) is 3.05. The minimum Gasteiger partial charge on any atom is -0.493 e. The van der Waals surface area contributed by atoms with Crippen LogP contribution in [0.2, 0.25) is 5.02 Å². The van der Waals surface area contributed by atoms with Crippen molar-refractivity contribution < 1.29 is 14.3 Å². The second-order valence-electron chi connectivity index (χ2n) is 4.66. The number of hydrogen-bond donors (Lipinski definition) is 1. The molecule has 0 aliphatic carbocycles. The summed E-state index contributed by atoms with van der Waals surface area (Å²) in [4.78, 5) is 11.8. The highest BCUT2D eigenvalue weighted by Crippen LogP contribution is 2.36. The molecule has 5 nitrogen and oxygen atoms in total. The standard InChI is InChI=1S/C17H17ClN2O3/c1-22-14-9-8-13(16(18)17(14)23-2)11-19-20-15(21)10-12-6-4-3-5-7-12/h3-9,11H,10H2,1-2H3,(H,20,21)/b19-11-. The second-order valence-corrected chi connectivity index (χ2v) is 5.04. The van der Waals surface area contributed by atoms with E-state index in [9.17, 15) is 4.79 Å². The van der Waals surface area contributed by atoms with Crippen LogP contribution < -0.4 is 14.9 Å². The van der Waals surface area contributed by atoms with E-state index in [1.54, 1.807) is 12.1 Å². The van der Waals surface area contributed by atoms with E-state index in [-0.39, 0.29) is 12.3 Å². The number of rotatable bonds is 6. The lowest BCUT2D eigenvalue weighted by molar-refractivity contribution is -0.120. The lowest BCUT2D eigenvalue weighted by Gasteiger charge is -2.10. The van der Waals surface area contributed by atoms with Gasteiger partial charge in [0.05, 0.1) is 31.9 Å². The number of methoxy groups -OCH3 is 2. The first-order valence-corrected chi connectivity index (χ1v) is 7.29. The van der Waals surface area contributed by atoms with E-state index in [1.807, 2.05) is 30.3 Å². The highest BCUT2D eigenvalue weighted by Gasteiger charge is 2.11. The Morgan fingerprint density at radius 3 is 2.57 bits per heavy atom. The summed E-state index contributed by atoms with van der Waals surface area (Å²) in [5.41, 5.74) is 4.01. The number of amides is 1. The van der Waals surface area contributed by atoms with E-state index < -0.39 is 0 Å². The summed E-state index contributed by atoms with van der Waals surface area (Å²) in [6, 6.07) is 12.9. The van der Waals surface area contributed by atoms with Crippen LogP contribution in [-0.2, 0) is 11.2 Å². The zero-order chi connectivity index (χ0) is 16.7. The van der Waals surface area contributed by atoms with Crippen molar-refractivity contribution in [2.24, 2.45) is 5.10 Å². The topological polar surface area (TPSA) is 59.9 Å². The highest BCUT2D eigenvalue weighted by molar-refractivity contribution is 6.34. The molecule has 23 heavy (non-hydrogen) atoms. The van der Waals surface area contributed by atoms with Crippen molar-refractivity contribution in [3.8, 4) is 11.5 Å². The minimum atomic E-state index is -0.205. The molecule has 0 heterocycles. The Kier molecular flexibility index (Phi) is 6.00. The molecule has 0 aliphatic rings. The fourth-order valence-electron chi connectivity index (χ4n) is 2.00. The quantitative estimate of drug-likeness (QED) is 0.653. The molecule has 2 aromatic carbocycles. The number of halogens is 1. The van der Waals surface area contributed by atoms with Crippen LogP contribution in [0.3, 0.4) is 0 Å². The molecule has 0 atom stereocenters. The minimum absolute atomic E-state index is 0.205. The molecule has 0 spiro atoms. The summed E-state index contributed by atoms with van der Waals surface area (Å²) in [6.07, 6.45) is 1.73. The molecule has 0 saturated heterocycles. The second kappa shape index (κ2) is 8.19. The van der Waals surface area contributed by atoms with Gasteiger partial charge in [-0.3, -0.25) is 4.79 Å². The molecule has 1 amide bonds. The molecule has 2 rings (SSSR count). The molecular formula is C17H17ClN2O3. The lowest BCUT2D eigenvalue weighted by Crippen LogP contribution is -2.19. The molecule has 0 radical (unpaired) electrons. The zero-order valence-corrected chi connectivity index (χ0v) is 13.6. The molecule has 120 valence electrons. The normalized spacial score (nSPS) is 10.6. The van der Waals surface area contributed by atoms with Crippen molar-refractivity contribution in [3.05, 3.63) is 58.6 Å². The van der Waals surface area contributed by atoms with E-state index in [2.05, 4.69) is 10.5 Å². The molecule has 0 aliphatic heterocycles. The van der Waals surface area contributed by atoms with E-state index >= 15 is 0 Å². The monoisotopic (exact) mass is 332 g/mol. The van der Waals surface area contributed by atoms with Crippen LogP contribution >= 0.6 is 11.6 Å². The molecule has 0 fully saturated rings. The van der Waals surface area contributed by atoms with Gasteiger partial charge in [-0.1, -0.05) is 41.9 Å². The van der Waals surface area contributed by atoms with Crippen LogP contribution in [0.1, 0.15) is 11.1 Å². The van der Waals surface area contributed by atoms with Crippen molar-refractivity contribution in [1.29, 1.82) is 0 Å². The van der Waals surface area contributed by atoms with Crippen molar-refractivity contribution in [3.63, 3.8) is 0 Å². The summed E-state index contributed by atoms with van der Waals surface area (Å²) in [5.74, 6) is 0.751. The third kappa shape index (κ3) is 4.47. The van der Waals surface area contributed by atoms with Gasteiger partial charge >= 0.3 is 0 Å². The van der Waals surface area contributed by atoms with Gasteiger partial charge in [-0.15, -0.1) is 0 Å².